The van der Waals surface area contributed by atoms with E-state index in [-0.39, 0.29) is 12.4 Å². The lowest BCUT2D eigenvalue weighted by Gasteiger charge is -2.27. The van der Waals surface area contributed by atoms with Crippen molar-refractivity contribution in [3.63, 3.8) is 0 Å². The molecule has 0 amide bonds. The van der Waals surface area contributed by atoms with E-state index in [1.807, 2.05) is 0 Å². The molecule has 0 bridgehead atoms. The zero-order valence-corrected chi connectivity index (χ0v) is 20.1. The SMILES string of the molecule is Cl.c1ccc2c(CNCCCCNCCCCN3CCNCC3)c3ccccc3cc2c1. The molecule has 0 radical (unpaired) electrons. The van der Waals surface area contributed by atoms with Crippen LogP contribution in [0.15, 0.2) is 54.6 Å². The molecule has 0 spiro atoms. The number of hydrogen-bond acceptors (Lipinski definition) is 4. The summed E-state index contributed by atoms with van der Waals surface area (Å²) in [7, 11) is 0. The monoisotopic (exact) mass is 454 g/mol. The second kappa shape index (κ2) is 13.8. The summed E-state index contributed by atoms with van der Waals surface area (Å²) in [5.74, 6) is 0. The van der Waals surface area contributed by atoms with E-state index in [2.05, 4.69) is 75.4 Å². The van der Waals surface area contributed by atoms with Crippen LogP contribution in [0.1, 0.15) is 31.2 Å². The number of hydrogen-bond donors (Lipinski definition) is 3. The molecule has 5 heteroatoms. The Bertz CT molecular complexity index is 885. The van der Waals surface area contributed by atoms with Crippen molar-refractivity contribution in [2.45, 2.75) is 32.2 Å². The zero-order chi connectivity index (χ0) is 21.1. The molecule has 4 nitrogen and oxygen atoms in total. The Kier molecular flexibility index (Phi) is 10.7. The minimum atomic E-state index is 0. The Hall–Kier alpha value is -1.69. The Morgan fingerprint density at radius 2 is 1.28 bits per heavy atom. The van der Waals surface area contributed by atoms with Crippen LogP contribution < -0.4 is 16.0 Å². The Labute approximate surface area is 199 Å². The second-order valence-corrected chi connectivity index (χ2v) is 8.73. The standard InChI is InChI=1S/C27H38N4.ClH/c1-3-11-25-23(9-1)21-24-10-2-4-12-26(24)27(25)22-30-15-6-5-13-28-14-7-8-18-31-19-16-29-17-20-31;/h1-4,9-12,21,28-30H,5-8,13-20,22H2;1H. The molecule has 0 unspecified atom stereocenters. The highest BCUT2D eigenvalue weighted by molar-refractivity contribution is 6.02. The number of nitrogens with zero attached hydrogens (tertiary/aromatic N) is 1. The highest BCUT2D eigenvalue weighted by atomic mass is 35.5. The maximum Gasteiger partial charge on any atom is 0.0217 e. The summed E-state index contributed by atoms with van der Waals surface area (Å²) >= 11 is 0. The first kappa shape index (κ1) is 24.9. The molecule has 4 rings (SSSR count). The molecule has 0 atom stereocenters. The van der Waals surface area contributed by atoms with E-state index in [4.69, 9.17) is 0 Å². The van der Waals surface area contributed by atoms with Crippen molar-refractivity contribution < 1.29 is 0 Å². The van der Waals surface area contributed by atoms with Gasteiger partial charge in [-0.2, -0.15) is 0 Å². The molecule has 3 aromatic carbocycles. The minimum absolute atomic E-state index is 0. The van der Waals surface area contributed by atoms with Crippen LogP contribution in [0.3, 0.4) is 0 Å². The molecule has 1 aliphatic rings. The van der Waals surface area contributed by atoms with Crippen molar-refractivity contribution in [1.82, 2.24) is 20.9 Å². The lowest BCUT2D eigenvalue weighted by molar-refractivity contribution is 0.236. The molecule has 174 valence electrons. The summed E-state index contributed by atoms with van der Waals surface area (Å²) in [6, 6.07) is 19.8. The minimum Gasteiger partial charge on any atom is -0.317 e. The summed E-state index contributed by atoms with van der Waals surface area (Å²) in [5, 5.41) is 16.1. The van der Waals surface area contributed by atoms with Crippen LogP contribution >= 0.6 is 12.4 Å². The highest BCUT2D eigenvalue weighted by Gasteiger charge is 2.08. The molecule has 3 N–H and O–H groups in total. The summed E-state index contributed by atoms with van der Waals surface area (Å²) in [5.41, 5.74) is 1.43. The van der Waals surface area contributed by atoms with Gasteiger partial charge in [-0.1, -0.05) is 48.5 Å². The van der Waals surface area contributed by atoms with Gasteiger partial charge >= 0.3 is 0 Å². The van der Waals surface area contributed by atoms with Gasteiger partial charge in [0, 0.05) is 32.7 Å². The molecule has 1 heterocycles. The average molecular weight is 455 g/mol. The molecule has 3 aromatic rings. The Morgan fingerprint density at radius 1 is 0.719 bits per heavy atom. The van der Waals surface area contributed by atoms with Gasteiger partial charge in [-0.15, -0.1) is 12.4 Å². The van der Waals surface area contributed by atoms with Crippen molar-refractivity contribution >= 4 is 34.0 Å². The van der Waals surface area contributed by atoms with E-state index < -0.39 is 0 Å². The first-order valence-electron chi connectivity index (χ1n) is 12.2. The van der Waals surface area contributed by atoms with E-state index in [0.29, 0.717) is 0 Å². The van der Waals surface area contributed by atoms with Crippen LogP contribution in [-0.2, 0) is 6.54 Å². The van der Waals surface area contributed by atoms with Crippen molar-refractivity contribution in [3.8, 4) is 0 Å². The van der Waals surface area contributed by atoms with Crippen LogP contribution in [0.25, 0.3) is 21.5 Å². The molecule has 0 aliphatic carbocycles. The maximum absolute atomic E-state index is 3.70. The number of nitrogens with one attached hydrogen (secondary N) is 3. The van der Waals surface area contributed by atoms with Crippen LogP contribution in [0.5, 0.6) is 0 Å². The van der Waals surface area contributed by atoms with E-state index in [0.717, 1.165) is 39.3 Å². The third-order valence-electron chi connectivity index (χ3n) is 6.43. The molecular weight excluding hydrogens is 416 g/mol. The summed E-state index contributed by atoms with van der Waals surface area (Å²) in [6.07, 6.45) is 5.06. The highest BCUT2D eigenvalue weighted by Crippen LogP contribution is 2.28. The topological polar surface area (TPSA) is 39.3 Å². The van der Waals surface area contributed by atoms with Gasteiger partial charge in [-0.05, 0) is 85.0 Å². The number of rotatable bonds is 12. The Morgan fingerprint density at radius 3 is 1.94 bits per heavy atom. The largest absolute Gasteiger partial charge is 0.317 e. The predicted molar refractivity (Wildman–Crippen MR) is 141 cm³/mol. The number of fused-ring (bicyclic) bond motifs is 2. The van der Waals surface area contributed by atoms with E-state index in [1.165, 1.54) is 72.4 Å². The molecule has 1 aliphatic heterocycles. The van der Waals surface area contributed by atoms with Gasteiger partial charge in [0.15, 0.2) is 0 Å². The van der Waals surface area contributed by atoms with Crippen molar-refractivity contribution in [2.75, 3.05) is 52.4 Å². The number of halogens is 1. The number of benzene rings is 3. The maximum atomic E-state index is 3.70. The van der Waals surface area contributed by atoms with Gasteiger partial charge in [-0.3, -0.25) is 0 Å². The first-order chi connectivity index (χ1) is 15.4. The fourth-order valence-electron chi connectivity index (χ4n) is 4.66. The van der Waals surface area contributed by atoms with Crippen LogP contribution in [-0.4, -0.2) is 57.3 Å². The fraction of sp³-hybridized carbons (Fsp3) is 0.481. The van der Waals surface area contributed by atoms with Gasteiger partial charge < -0.3 is 20.9 Å². The second-order valence-electron chi connectivity index (χ2n) is 8.73. The molecule has 0 aromatic heterocycles. The number of unbranched alkanes of at least 4 members (excludes halogenated alkanes) is 2. The lowest BCUT2D eigenvalue weighted by atomic mass is 9.97. The predicted octanol–water partition coefficient (Wildman–Crippen LogP) is 4.56. The average Bonchev–Trinajstić information content (AvgIpc) is 2.82. The Balaban J connectivity index is 0.00000289. The lowest BCUT2D eigenvalue weighted by Crippen LogP contribution is -2.43. The summed E-state index contributed by atoms with van der Waals surface area (Å²) in [4.78, 5) is 2.58. The normalized spacial score (nSPS) is 14.6. The van der Waals surface area contributed by atoms with E-state index >= 15 is 0 Å². The molecular formula is C27H39ClN4. The fourth-order valence-corrected chi connectivity index (χ4v) is 4.66. The van der Waals surface area contributed by atoms with E-state index in [1.54, 1.807) is 0 Å². The van der Waals surface area contributed by atoms with Crippen molar-refractivity contribution in [1.29, 1.82) is 0 Å². The van der Waals surface area contributed by atoms with Gasteiger partial charge in [-0.25, -0.2) is 0 Å². The molecule has 1 saturated heterocycles. The molecule has 1 fully saturated rings. The van der Waals surface area contributed by atoms with Crippen LogP contribution in [0.2, 0.25) is 0 Å². The quantitative estimate of drug-likeness (QED) is 0.277. The summed E-state index contributed by atoms with van der Waals surface area (Å²) in [6.45, 7) is 10.3. The van der Waals surface area contributed by atoms with Crippen LogP contribution in [0.4, 0.5) is 0 Å². The van der Waals surface area contributed by atoms with Gasteiger partial charge in [0.1, 0.15) is 0 Å². The van der Waals surface area contributed by atoms with Crippen LogP contribution in [0, 0.1) is 0 Å². The smallest absolute Gasteiger partial charge is 0.0217 e. The van der Waals surface area contributed by atoms with Crippen molar-refractivity contribution in [3.05, 3.63) is 60.2 Å². The number of piperazine rings is 1. The zero-order valence-electron chi connectivity index (χ0n) is 19.2. The third kappa shape index (κ3) is 7.16. The molecule has 0 saturated carbocycles. The summed E-state index contributed by atoms with van der Waals surface area (Å²) < 4.78 is 0. The molecule has 32 heavy (non-hydrogen) atoms. The van der Waals surface area contributed by atoms with Crippen molar-refractivity contribution in [2.24, 2.45) is 0 Å². The van der Waals surface area contributed by atoms with E-state index in [9.17, 15) is 0 Å². The van der Waals surface area contributed by atoms with Gasteiger partial charge in [0.25, 0.3) is 0 Å². The van der Waals surface area contributed by atoms with Gasteiger partial charge in [0.2, 0.25) is 0 Å². The van der Waals surface area contributed by atoms with Gasteiger partial charge in [0.05, 0.1) is 0 Å². The first-order valence-corrected chi connectivity index (χ1v) is 12.2. The third-order valence-corrected chi connectivity index (χ3v) is 6.43.